The first-order valence-corrected chi connectivity index (χ1v) is 12.7. The number of amidine groups is 1. The van der Waals surface area contributed by atoms with Crippen LogP contribution < -0.4 is 5.73 Å². The van der Waals surface area contributed by atoms with Crippen LogP contribution in [0.25, 0.3) is 22.2 Å². The number of ether oxygens (including phenoxy) is 1. The molecule has 0 aliphatic carbocycles. The number of fused-ring (bicyclic) bond motifs is 1. The van der Waals surface area contributed by atoms with Crippen LogP contribution in [-0.2, 0) is 4.74 Å². The van der Waals surface area contributed by atoms with E-state index in [1.165, 1.54) is 60.8 Å². The topological polar surface area (TPSA) is 79.5 Å². The molecule has 180 valence electrons. The normalized spacial score (nSPS) is 19.4. The van der Waals surface area contributed by atoms with E-state index in [2.05, 4.69) is 58.0 Å². The molecular formula is C28H37N5O. The fourth-order valence-corrected chi connectivity index (χ4v) is 5.74. The molecule has 3 N–H and O–H groups in total. The summed E-state index contributed by atoms with van der Waals surface area (Å²) in [5.41, 5.74) is 12.0. The molecule has 0 saturated carbocycles. The highest BCUT2D eigenvalue weighted by molar-refractivity contribution is 5.92. The first kappa shape index (κ1) is 23.1. The van der Waals surface area contributed by atoms with E-state index in [0.717, 1.165) is 30.5 Å². The molecule has 0 amide bonds. The molecule has 0 bridgehead atoms. The summed E-state index contributed by atoms with van der Waals surface area (Å²) < 4.78 is 5.56. The lowest BCUT2D eigenvalue weighted by atomic mass is 9.86. The van der Waals surface area contributed by atoms with Crippen LogP contribution in [0.15, 0.2) is 41.5 Å². The minimum atomic E-state index is 0.401. The Hall–Kier alpha value is -2.70. The molecule has 2 fully saturated rings. The number of hydrogen-bond donors (Lipinski definition) is 2. The van der Waals surface area contributed by atoms with Gasteiger partial charge in [-0.05, 0) is 92.9 Å². The molecule has 1 aromatic carbocycles. The number of aromatic amines is 1. The standard InChI is InChI=1S/C28H37N5O/c1-18(2)27-24-16-21(20-8-12-33(13-9-20)23-10-14-34-15-11-23)4-6-25(24)32-28(27)22-5-7-26(30-17-22)31-19(3)29/h4-7,16-18,20,23,32H,8-15H2,1-3H3,(H2,29,30,31). The number of rotatable bonds is 5. The number of aromatic nitrogens is 2. The van der Waals surface area contributed by atoms with Crippen molar-refractivity contribution < 1.29 is 4.74 Å². The van der Waals surface area contributed by atoms with Crippen molar-refractivity contribution in [2.75, 3.05) is 26.3 Å². The lowest BCUT2D eigenvalue weighted by Gasteiger charge is -2.39. The van der Waals surface area contributed by atoms with Crippen LogP contribution in [0.4, 0.5) is 5.82 Å². The van der Waals surface area contributed by atoms with E-state index in [1.807, 2.05) is 12.3 Å². The van der Waals surface area contributed by atoms with Crippen LogP contribution >= 0.6 is 0 Å². The fourth-order valence-electron chi connectivity index (χ4n) is 5.74. The van der Waals surface area contributed by atoms with Gasteiger partial charge in [0.2, 0.25) is 0 Å². The predicted molar refractivity (Wildman–Crippen MR) is 140 cm³/mol. The number of piperidine rings is 1. The minimum Gasteiger partial charge on any atom is -0.387 e. The van der Waals surface area contributed by atoms with Crippen LogP contribution in [-0.4, -0.2) is 53.0 Å². The third-order valence-electron chi connectivity index (χ3n) is 7.48. The highest BCUT2D eigenvalue weighted by Gasteiger charge is 2.27. The summed E-state index contributed by atoms with van der Waals surface area (Å²) in [6.45, 7) is 10.6. The number of nitrogens with zero attached hydrogens (tertiary/aromatic N) is 3. The second kappa shape index (κ2) is 9.88. The molecule has 5 rings (SSSR count). The van der Waals surface area contributed by atoms with Crippen molar-refractivity contribution in [1.29, 1.82) is 0 Å². The van der Waals surface area contributed by atoms with Gasteiger partial charge in [0.05, 0.1) is 11.5 Å². The zero-order valence-electron chi connectivity index (χ0n) is 20.7. The lowest BCUT2D eigenvalue weighted by Crippen LogP contribution is -2.43. The third kappa shape index (κ3) is 4.75. The van der Waals surface area contributed by atoms with Gasteiger partial charge in [0.1, 0.15) is 0 Å². The van der Waals surface area contributed by atoms with Crippen LogP contribution in [0.1, 0.15) is 69.4 Å². The quantitative estimate of drug-likeness (QED) is 0.378. The Morgan fingerprint density at radius 2 is 1.88 bits per heavy atom. The Labute approximate surface area is 202 Å². The molecule has 0 atom stereocenters. The monoisotopic (exact) mass is 459 g/mol. The first-order valence-electron chi connectivity index (χ1n) is 12.7. The van der Waals surface area contributed by atoms with E-state index >= 15 is 0 Å². The zero-order chi connectivity index (χ0) is 23.7. The first-order chi connectivity index (χ1) is 16.5. The van der Waals surface area contributed by atoms with Gasteiger partial charge in [-0.2, -0.15) is 0 Å². The van der Waals surface area contributed by atoms with Crippen LogP contribution in [0.2, 0.25) is 0 Å². The van der Waals surface area contributed by atoms with E-state index in [1.54, 1.807) is 6.92 Å². The van der Waals surface area contributed by atoms with Crippen LogP contribution in [0.3, 0.4) is 0 Å². The summed E-state index contributed by atoms with van der Waals surface area (Å²) in [7, 11) is 0. The number of benzene rings is 1. The Bertz CT molecular complexity index is 1150. The van der Waals surface area contributed by atoms with Crippen molar-refractivity contribution >= 4 is 22.6 Å². The molecule has 2 aliphatic rings. The average molecular weight is 460 g/mol. The van der Waals surface area contributed by atoms with Crippen molar-refractivity contribution in [1.82, 2.24) is 14.9 Å². The number of hydrogen-bond acceptors (Lipinski definition) is 4. The summed E-state index contributed by atoms with van der Waals surface area (Å²) in [6.07, 6.45) is 6.75. The maximum absolute atomic E-state index is 5.71. The van der Waals surface area contributed by atoms with Gasteiger partial charge >= 0.3 is 0 Å². The molecule has 0 unspecified atom stereocenters. The Balaban J connectivity index is 1.40. The summed E-state index contributed by atoms with van der Waals surface area (Å²) in [6, 6.07) is 11.8. The highest BCUT2D eigenvalue weighted by Crippen LogP contribution is 2.38. The summed E-state index contributed by atoms with van der Waals surface area (Å²) in [5.74, 6) is 2.19. The smallest absolute Gasteiger partial charge is 0.153 e. The number of H-pyrrole nitrogens is 1. The van der Waals surface area contributed by atoms with Crippen LogP contribution in [0.5, 0.6) is 0 Å². The highest BCUT2D eigenvalue weighted by atomic mass is 16.5. The van der Waals surface area contributed by atoms with E-state index in [0.29, 0.717) is 23.5 Å². The molecule has 2 saturated heterocycles. The maximum Gasteiger partial charge on any atom is 0.153 e. The number of aliphatic imine (C=N–C) groups is 1. The number of pyridine rings is 1. The van der Waals surface area contributed by atoms with Gasteiger partial charge in [-0.15, -0.1) is 0 Å². The average Bonchev–Trinajstić information content (AvgIpc) is 3.24. The number of nitrogens with one attached hydrogen (secondary N) is 1. The molecule has 3 aromatic rings. The molecule has 34 heavy (non-hydrogen) atoms. The van der Waals surface area contributed by atoms with Gasteiger partial charge in [0, 0.05) is 41.9 Å². The third-order valence-corrected chi connectivity index (χ3v) is 7.48. The molecule has 2 aromatic heterocycles. The second-order valence-corrected chi connectivity index (χ2v) is 10.2. The lowest BCUT2D eigenvalue weighted by molar-refractivity contribution is 0.0252. The predicted octanol–water partition coefficient (Wildman–Crippen LogP) is 5.72. The van der Waals surface area contributed by atoms with Gasteiger partial charge < -0.3 is 20.4 Å². The molecule has 6 heteroatoms. The van der Waals surface area contributed by atoms with Crippen molar-refractivity contribution in [3.63, 3.8) is 0 Å². The van der Waals surface area contributed by atoms with Crippen molar-refractivity contribution in [3.8, 4) is 11.3 Å². The van der Waals surface area contributed by atoms with Crippen LogP contribution in [0, 0.1) is 0 Å². The Morgan fingerprint density at radius 3 is 2.53 bits per heavy atom. The van der Waals surface area contributed by atoms with E-state index in [4.69, 9.17) is 10.5 Å². The Kier molecular flexibility index (Phi) is 6.70. The molecule has 0 radical (unpaired) electrons. The molecule has 6 nitrogen and oxygen atoms in total. The minimum absolute atomic E-state index is 0.401. The SMILES string of the molecule is CC(N)=Nc1ccc(-c2[nH]c3ccc(C4CCN(C5CCOCC5)CC4)cc3c2C(C)C)cn1. The molecule has 4 heterocycles. The summed E-state index contributed by atoms with van der Waals surface area (Å²) in [4.78, 5) is 15.1. The van der Waals surface area contributed by atoms with E-state index in [9.17, 15) is 0 Å². The van der Waals surface area contributed by atoms with Gasteiger partial charge in [-0.3, -0.25) is 0 Å². The Morgan fingerprint density at radius 1 is 1.12 bits per heavy atom. The van der Waals surface area contributed by atoms with Gasteiger partial charge in [-0.25, -0.2) is 9.98 Å². The second-order valence-electron chi connectivity index (χ2n) is 10.2. The summed E-state index contributed by atoms with van der Waals surface area (Å²) in [5, 5.41) is 1.34. The van der Waals surface area contributed by atoms with Gasteiger partial charge in [0.15, 0.2) is 5.82 Å². The number of likely N-dealkylation sites (tertiary alicyclic amines) is 1. The largest absolute Gasteiger partial charge is 0.387 e. The summed E-state index contributed by atoms with van der Waals surface area (Å²) >= 11 is 0. The van der Waals surface area contributed by atoms with E-state index in [-0.39, 0.29) is 0 Å². The van der Waals surface area contributed by atoms with Crippen molar-refractivity contribution in [2.24, 2.45) is 10.7 Å². The van der Waals surface area contributed by atoms with Crippen molar-refractivity contribution in [3.05, 3.63) is 47.7 Å². The molecule has 0 spiro atoms. The zero-order valence-corrected chi connectivity index (χ0v) is 20.7. The molecular weight excluding hydrogens is 422 g/mol. The van der Waals surface area contributed by atoms with E-state index < -0.39 is 0 Å². The molecule has 2 aliphatic heterocycles. The maximum atomic E-state index is 5.71. The van der Waals surface area contributed by atoms with Gasteiger partial charge in [-0.1, -0.05) is 19.9 Å². The number of nitrogens with two attached hydrogens (primary N) is 1. The fraction of sp³-hybridized carbons (Fsp3) is 0.500. The van der Waals surface area contributed by atoms with Crippen molar-refractivity contribution in [2.45, 2.75) is 64.3 Å². The van der Waals surface area contributed by atoms with Gasteiger partial charge in [0.25, 0.3) is 0 Å².